The van der Waals surface area contributed by atoms with Gasteiger partial charge in [0.05, 0.1) is 29.9 Å². The Morgan fingerprint density at radius 1 is 1.09 bits per heavy atom. The van der Waals surface area contributed by atoms with E-state index in [1.165, 1.54) is 18.7 Å². The van der Waals surface area contributed by atoms with Crippen molar-refractivity contribution < 1.29 is 32.2 Å². The lowest BCUT2D eigenvalue weighted by atomic mass is 10.1. The molecule has 184 valence electrons. The largest absolute Gasteiger partial charge is 0.490 e. The van der Waals surface area contributed by atoms with Gasteiger partial charge in [0.1, 0.15) is 0 Å². The van der Waals surface area contributed by atoms with Crippen molar-refractivity contribution >= 4 is 16.9 Å². The zero-order chi connectivity index (χ0) is 24.9. The standard InChI is InChI=1S/C23H27F3N4O4/c1-5-32-17-8-7-15(11-18(17)33-6-2)9-10-27-19(31)13-34-20-12-16(23(24,25)26)21-14(3)29-30(4)22(21)28-20/h7-8,11-12H,5-6,9-10,13H2,1-4H3,(H,27,31). The highest BCUT2D eigenvalue weighted by molar-refractivity contribution is 5.83. The molecular weight excluding hydrogens is 453 g/mol. The Kier molecular flexibility index (Phi) is 7.85. The lowest BCUT2D eigenvalue weighted by molar-refractivity contribution is -0.136. The summed E-state index contributed by atoms with van der Waals surface area (Å²) < 4.78 is 58.3. The molecule has 1 amide bonds. The molecule has 2 heterocycles. The van der Waals surface area contributed by atoms with Crippen molar-refractivity contribution in [1.82, 2.24) is 20.1 Å². The Labute approximate surface area is 195 Å². The SMILES string of the molecule is CCOc1ccc(CCNC(=O)COc2cc(C(F)(F)F)c3c(C)nn(C)c3n2)cc1OCC. The lowest BCUT2D eigenvalue weighted by Gasteiger charge is -2.13. The van der Waals surface area contributed by atoms with Gasteiger partial charge in [-0.15, -0.1) is 0 Å². The average Bonchev–Trinajstić information content (AvgIpc) is 3.06. The monoisotopic (exact) mass is 480 g/mol. The van der Waals surface area contributed by atoms with Crippen LogP contribution in [0.4, 0.5) is 13.2 Å². The van der Waals surface area contributed by atoms with Crippen molar-refractivity contribution in [3.8, 4) is 17.4 Å². The number of pyridine rings is 1. The van der Waals surface area contributed by atoms with E-state index in [-0.39, 0.29) is 22.6 Å². The summed E-state index contributed by atoms with van der Waals surface area (Å²) in [7, 11) is 1.50. The summed E-state index contributed by atoms with van der Waals surface area (Å²) in [5.41, 5.74) is 0.271. The smallest absolute Gasteiger partial charge is 0.417 e. The number of ether oxygens (including phenoxy) is 3. The summed E-state index contributed by atoms with van der Waals surface area (Å²) in [4.78, 5) is 16.3. The number of carbonyl (C=O) groups is 1. The first-order chi connectivity index (χ1) is 16.1. The number of aryl methyl sites for hydroxylation is 2. The van der Waals surface area contributed by atoms with Gasteiger partial charge in [-0.1, -0.05) is 6.07 Å². The van der Waals surface area contributed by atoms with E-state index in [2.05, 4.69) is 15.4 Å². The first-order valence-corrected chi connectivity index (χ1v) is 10.8. The van der Waals surface area contributed by atoms with E-state index in [1.807, 2.05) is 32.0 Å². The average molecular weight is 480 g/mol. The second-order valence-corrected chi connectivity index (χ2v) is 7.45. The summed E-state index contributed by atoms with van der Waals surface area (Å²) in [6, 6.07) is 6.34. The predicted octanol–water partition coefficient (Wildman–Crippen LogP) is 3.83. The number of rotatable bonds is 10. The molecule has 0 atom stereocenters. The van der Waals surface area contributed by atoms with E-state index in [9.17, 15) is 18.0 Å². The zero-order valence-electron chi connectivity index (χ0n) is 19.5. The second kappa shape index (κ2) is 10.6. The molecule has 0 spiro atoms. The van der Waals surface area contributed by atoms with Crippen molar-refractivity contribution in [3.05, 3.63) is 41.1 Å². The van der Waals surface area contributed by atoms with Gasteiger partial charge >= 0.3 is 6.18 Å². The number of carbonyl (C=O) groups excluding carboxylic acids is 1. The van der Waals surface area contributed by atoms with E-state index in [0.29, 0.717) is 37.7 Å². The number of hydrogen-bond acceptors (Lipinski definition) is 6. The van der Waals surface area contributed by atoms with Gasteiger partial charge in [-0.25, -0.2) is 0 Å². The second-order valence-electron chi connectivity index (χ2n) is 7.45. The number of fused-ring (bicyclic) bond motifs is 1. The van der Waals surface area contributed by atoms with Crippen molar-refractivity contribution in [3.63, 3.8) is 0 Å². The van der Waals surface area contributed by atoms with Gasteiger partial charge in [0.15, 0.2) is 23.8 Å². The van der Waals surface area contributed by atoms with E-state index in [0.717, 1.165) is 11.6 Å². The highest BCUT2D eigenvalue weighted by Crippen LogP contribution is 2.37. The summed E-state index contributed by atoms with van der Waals surface area (Å²) in [6.45, 7) is 6.09. The fraction of sp³-hybridized carbons (Fsp3) is 0.435. The molecular formula is C23H27F3N4O4. The van der Waals surface area contributed by atoms with Crippen molar-refractivity contribution in [2.45, 2.75) is 33.4 Å². The topological polar surface area (TPSA) is 87.5 Å². The van der Waals surface area contributed by atoms with Gasteiger partial charge in [-0.3, -0.25) is 9.48 Å². The highest BCUT2D eigenvalue weighted by atomic mass is 19.4. The number of hydrogen-bond donors (Lipinski definition) is 1. The van der Waals surface area contributed by atoms with Gasteiger partial charge in [0.25, 0.3) is 5.91 Å². The van der Waals surface area contributed by atoms with E-state index >= 15 is 0 Å². The number of alkyl halides is 3. The van der Waals surface area contributed by atoms with Gasteiger partial charge < -0.3 is 19.5 Å². The van der Waals surface area contributed by atoms with Crippen LogP contribution >= 0.6 is 0 Å². The highest BCUT2D eigenvalue weighted by Gasteiger charge is 2.35. The van der Waals surface area contributed by atoms with Crippen molar-refractivity contribution in [2.24, 2.45) is 7.05 Å². The molecule has 0 saturated carbocycles. The molecule has 0 fully saturated rings. The lowest BCUT2D eigenvalue weighted by Crippen LogP contribution is -2.30. The summed E-state index contributed by atoms with van der Waals surface area (Å²) in [6.07, 6.45) is -4.09. The van der Waals surface area contributed by atoms with Crippen LogP contribution < -0.4 is 19.5 Å². The van der Waals surface area contributed by atoms with Crippen LogP contribution in [-0.2, 0) is 24.4 Å². The Hall–Kier alpha value is -3.50. The van der Waals surface area contributed by atoms with Gasteiger partial charge in [0.2, 0.25) is 5.88 Å². The van der Waals surface area contributed by atoms with E-state index in [1.54, 1.807) is 0 Å². The quantitative estimate of drug-likeness (QED) is 0.475. The molecule has 0 aliphatic rings. The molecule has 0 aliphatic carbocycles. The first kappa shape index (κ1) is 25.1. The maximum Gasteiger partial charge on any atom is 0.417 e. The first-order valence-electron chi connectivity index (χ1n) is 10.8. The number of halogens is 3. The normalized spacial score (nSPS) is 11.5. The summed E-state index contributed by atoms with van der Waals surface area (Å²) in [5, 5.41) is 6.60. The van der Waals surface area contributed by atoms with Gasteiger partial charge in [-0.2, -0.15) is 23.3 Å². The van der Waals surface area contributed by atoms with Gasteiger partial charge in [0, 0.05) is 19.7 Å². The van der Waals surface area contributed by atoms with Crippen LogP contribution in [0, 0.1) is 6.92 Å². The molecule has 11 heteroatoms. The number of nitrogens with zero attached hydrogens (tertiary/aromatic N) is 3. The molecule has 0 radical (unpaired) electrons. The number of nitrogens with one attached hydrogen (secondary N) is 1. The van der Waals surface area contributed by atoms with Crippen molar-refractivity contribution in [1.29, 1.82) is 0 Å². The fourth-order valence-electron chi connectivity index (χ4n) is 3.51. The van der Waals surface area contributed by atoms with E-state index < -0.39 is 24.3 Å². The van der Waals surface area contributed by atoms with Crippen LogP contribution in [0.25, 0.3) is 11.0 Å². The van der Waals surface area contributed by atoms with E-state index in [4.69, 9.17) is 14.2 Å². The summed E-state index contributed by atoms with van der Waals surface area (Å²) in [5.74, 6) is 0.499. The summed E-state index contributed by atoms with van der Waals surface area (Å²) >= 11 is 0. The molecule has 0 aliphatic heterocycles. The molecule has 34 heavy (non-hydrogen) atoms. The Balaban J connectivity index is 1.60. The number of benzene rings is 1. The van der Waals surface area contributed by atoms with Gasteiger partial charge in [-0.05, 0) is 44.9 Å². The molecule has 3 rings (SSSR count). The Morgan fingerprint density at radius 3 is 2.47 bits per heavy atom. The molecule has 8 nitrogen and oxygen atoms in total. The Morgan fingerprint density at radius 2 is 1.79 bits per heavy atom. The molecule has 3 aromatic rings. The zero-order valence-corrected chi connectivity index (χ0v) is 19.5. The van der Waals surface area contributed by atoms with Crippen LogP contribution in [0.3, 0.4) is 0 Å². The number of amides is 1. The predicted molar refractivity (Wildman–Crippen MR) is 119 cm³/mol. The molecule has 1 N–H and O–H groups in total. The van der Waals surface area contributed by atoms with Crippen LogP contribution in [0.5, 0.6) is 17.4 Å². The fourth-order valence-corrected chi connectivity index (χ4v) is 3.51. The molecule has 1 aromatic carbocycles. The minimum atomic E-state index is -4.62. The Bertz CT molecular complexity index is 1160. The third-order valence-corrected chi connectivity index (χ3v) is 4.95. The van der Waals surface area contributed by atoms with Crippen LogP contribution in [0.2, 0.25) is 0 Å². The maximum absolute atomic E-state index is 13.5. The molecule has 0 bridgehead atoms. The van der Waals surface area contributed by atoms with Crippen LogP contribution in [0.1, 0.15) is 30.7 Å². The van der Waals surface area contributed by atoms with Crippen LogP contribution in [0.15, 0.2) is 24.3 Å². The third kappa shape index (κ3) is 5.89. The van der Waals surface area contributed by atoms with Crippen molar-refractivity contribution in [2.75, 3.05) is 26.4 Å². The molecule has 0 unspecified atom stereocenters. The van der Waals surface area contributed by atoms with Crippen LogP contribution in [-0.4, -0.2) is 47.0 Å². The molecule has 0 saturated heterocycles. The minimum Gasteiger partial charge on any atom is -0.490 e. The minimum absolute atomic E-state index is 0.0309. The maximum atomic E-state index is 13.5. The third-order valence-electron chi connectivity index (χ3n) is 4.95. The number of aromatic nitrogens is 3. The molecule has 2 aromatic heterocycles.